The molecule has 2 amide bonds. The largest absolute Gasteiger partial charge is 0.324 e. The van der Waals surface area contributed by atoms with Gasteiger partial charge in [0.25, 0.3) is 0 Å². The fourth-order valence-electron chi connectivity index (χ4n) is 2.34. The first-order valence-electron chi connectivity index (χ1n) is 7.63. The van der Waals surface area contributed by atoms with E-state index in [-0.39, 0.29) is 24.3 Å². The van der Waals surface area contributed by atoms with Gasteiger partial charge in [-0.05, 0) is 25.0 Å². The lowest BCUT2D eigenvalue weighted by Crippen LogP contribution is -2.19. The summed E-state index contributed by atoms with van der Waals surface area (Å²) in [6, 6.07) is 7.50. The van der Waals surface area contributed by atoms with Crippen molar-refractivity contribution in [2.75, 3.05) is 10.6 Å². The second kappa shape index (κ2) is 5.76. The van der Waals surface area contributed by atoms with E-state index in [1.165, 1.54) is 10.9 Å². The maximum atomic E-state index is 12.1. The zero-order chi connectivity index (χ0) is 16.5. The molecule has 24 heavy (non-hydrogen) atoms. The summed E-state index contributed by atoms with van der Waals surface area (Å²) in [5, 5.41) is 13.0. The number of aromatic nitrogens is 5. The maximum Gasteiger partial charge on any atom is 0.248 e. The van der Waals surface area contributed by atoms with Crippen LogP contribution in [-0.4, -0.2) is 36.8 Å². The number of rotatable bonds is 5. The van der Waals surface area contributed by atoms with Crippen molar-refractivity contribution in [1.82, 2.24) is 25.0 Å². The van der Waals surface area contributed by atoms with E-state index >= 15 is 0 Å². The number of H-pyrrole nitrogens is 1. The molecule has 2 heterocycles. The highest BCUT2D eigenvalue weighted by Gasteiger charge is 2.30. The molecule has 9 heteroatoms. The molecule has 1 aliphatic rings. The van der Waals surface area contributed by atoms with Crippen LogP contribution in [0.25, 0.3) is 11.0 Å². The first-order chi connectivity index (χ1) is 11.7. The lowest BCUT2D eigenvalue weighted by molar-refractivity contribution is -0.117. The molecule has 4 rings (SSSR count). The Balaban J connectivity index is 1.37. The van der Waals surface area contributed by atoms with Gasteiger partial charge in [0.15, 0.2) is 5.82 Å². The molecule has 0 unspecified atom stereocenters. The predicted octanol–water partition coefficient (Wildman–Crippen LogP) is 1.14. The Morgan fingerprint density at radius 3 is 2.88 bits per heavy atom. The molecule has 3 aromatic rings. The quantitative estimate of drug-likeness (QED) is 0.650. The van der Waals surface area contributed by atoms with E-state index in [1.807, 2.05) is 24.3 Å². The van der Waals surface area contributed by atoms with Gasteiger partial charge in [0, 0.05) is 5.92 Å². The van der Waals surface area contributed by atoms with Crippen LogP contribution in [0, 0.1) is 5.92 Å². The molecule has 1 aromatic carbocycles. The van der Waals surface area contributed by atoms with Crippen LogP contribution in [0.4, 0.5) is 11.8 Å². The zero-order valence-corrected chi connectivity index (χ0v) is 12.7. The van der Waals surface area contributed by atoms with Crippen LogP contribution in [0.15, 0.2) is 30.5 Å². The lowest BCUT2D eigenvalue weighted by atomic mass is 10.3. The number of carbonyl (C=O) groups is 2. The van der Waals surface area contributed by atoms with Gasteiger partial charge in [0.2, 0.25) is 17.8 Å². The molecule has 9 nitrogen and oxygen atoms in total. The van der Waals surface area contributed by atoms with Crippen LogP contribution in [0.1, 0.15) is 12.8 Å². The predicted molar refractivity (Wildman–Crippen MR) is 86.1 cm³/mol. The molecule has 0 radical (unpaired) electrons. The monoisotopic (exact) mass is 325 g/mol. The summed E-state index contributed by atoms with van der Waals surface area (Å²) >= 11 is 0. The molecule has 1 saturated carbocycles. The number of amides is 2. The van der Waals surface area contributed by atoms with E-state index in [0.29, 0.717) is 11.8 Å². The molecule has 2 aromatic heterocycles. The van der Waals surface area contributed by atoms with Crippen LogP contribution in [0.3, 0.4) is 0 Å². The molecule has 0 saturated heterocycles. The number of para-hydroxylation sites is 2. The normalized spacial score (nSPS) is 13.8. The Labute approximate surface area is 136 Å². The topological polar surface area (TPSA) is 118 Å². The van der Waals surface area contributed by atoms with Crippen molar-refractivity contribution in [1.29, 1.82) is 0 Å². The lowest BCUT2D eigenvalue weighted by Gasteiger charge is -2.01. The van der Waals surface area contributed by atoms with Crippen LogP contribution in [0.2, 0.25) is 0 Å². The summed E-state index contributed by atoms with van der Waals surface area (Å²) in [7, 11) is 0. The fraction of sp³-hybridized carbons (Fsp3) is 0.267. The summed E-state index contributed by atoms with van der Waals surface area (Å²) < 4.78 is 1.36. The van der Waals surface area contributed by atoms with Crippen LogP contribution in [0.5, 0.6) is 0 Å². The van der Waals surface area contributed by atoms with E-state index < -0.39 is 0 Å². The van der Waals surface area contributed by atoms with E-state index in [9.17, 15) is 9.59 Å². The van der Waals surface area contributed by atoms with Gasteiger partial charge in [-0.2, -0.15) is 0 Å². The van der Waals surface area contributed by atoms with Crippen molar-refractivity contribution in [3.63, 3.8) is 0 Å². The maximum absolute atomic E-state index is 12.1. The molecule has 0 atom stereocenters. The minimum absolute atomic E-state index is 0.0245. The number of nitrogens with one attached hydrogen (secondary N) is 3. The molecule has 1 aliphatic carbocycles. The fourth-order valence-corrected chi connectivity index (χ4v) is 2.34. The number of fused-ring (bicyclic) bond motifs is 1. The summed E-state index contributed by atoms with van der Waals surface area (Å²) in [5.41, 5.74) is 1.62. The number of hydrogen-bond donors (Lipinski definition) is 3. The minimum Gasteiger partial charge on any atom is -0.324 e. The standard InChI is InChI=1S/C15H15N7O2/c23-13(19-15-16-10-3-1-2-4-11(10)17-15)8-22-7-12(20-21-22)18-14(24)9-5-6-9/h1-4,7,9H,5-6,8H2,(H,18,24)(H2,16,17,19,23). The van der Waals surface area contributed by atoms with Crippen LogP contribution >= 0.6 is 0 Å². The number of anilines is 2. The SMILES string of the molecule is O=C(Cn1cc(NC(=O)C2CC2)nn1)Nc1nc2ccccc2[nH]1. The van der Waals surface area contributed by atoms with E-state index in [2.05, 4.69) is 30.9 Å². The van der Waals surface area contributed by atoms with Crippen molar-refractivity contribution < 1.29 is 9.59 Å². The number of carbonyl (C=O) groups excluding carboxylic acids is 2. The molecule has 0 aliphatic heterocycles. The average molecular weight is 325 g/mol. The van der Waals surface area contributed by atoms with Crippen LogP contribution < -0.4 is 10.6 Å². The smallest absolute Gasteiger partial charge is 0.248 e. The highest BCUT2D eigenvalue weighted by molar-refractivity contribution is 5.93. The Bertz CT molecular complexity index is 876. The third-order valence-electron chi connectivity index (χ3n) is 3.69. The second-order valence-electron chi connectivity index (χ2n) is 5.72. The van der Waals surface area contributed by atoms with Crippen molar-refractivity contribution in [2.45, 2.75) is 19.4 Å². The molecular formula is C15H15N7O2. The Hall–Kier alpha value is -3.23. The Morgan fingerprint density at radius 1 is 1.25 bits per heavy atom. The Morgan fingerprint density at radius 2 is 2.08 bits per heavy atom. The van der Waals surface area contributed by atoms with E-state index in [0.717, 1.165) is 23.9 Å². The van der Waals surface area contributed by atoms with E-state index in [4.69, 9.17) is 0 Å². The van der Waals surface area contributed by atoms with Crippen molar-refractivity contribution in [3.05, 3.63) is 30.5 Å². The highest BCUT2D eigenvalue weighted by Crippen LogP contribution is 2.29. The zero-order valence-electron chi connectivity index (χ0n) is 12.7. The van der Waals surface area contributed by atoms with Crippen LogP contribution in [-0.2, 0) is 16.1 Å². The summed E-state index contributed by atoms with van der Waals surface area (Å²) in [5.74, 6) is 0.478. The third kappa shape index (κ3) is 3.09. The van der Waals surface area contributed by atoms with E-state index in [1.54, 1.807) is 0 Å². The van der Waals surface area contributed by atoms with Gasteiger partial charge in [0.05, 0.1) is 17.2 Å². The number of hydrogen-bond acceptors (Lipinski definition) is 5. The average Bonchev–Trinajstić information content (AvgIpc) is 3.20. The van der Waals surface area contributed by atoms with Crippen molar-refractivity contribution in [2.24, 2.45) is 5.92 Å². The van der Waals surface area contributed by atoms with Gasteiger partial charge in [-0.1, -0.05) is 17.3 Å². The second-order valence-corrected chi connectivity index (χ2v) is 5.72. The van der Waals surface area contributed by atoms with Gasteiger partial charge in [-0.15, -0.1) is 5.10 Å². The Kier molecular flexibility index (Phi) is 3.45. The highest BCUT2D eigenvalue weighted by atomic mass is 16.2. The van der Waals surface area contributed by atoms with Gasteiger partial charge >= 0.3 is 0 Å². The number of benzene rings is 1. The molecule has 0 spiro atoms. The van der Waals surface area contributed by atoms with Gasteiger partial charge in [-0.25, -0.2) is 9.67 Å². The van der Waals surface area contributed by atoms with Crippen molar-refractivity contribution in [3.8, 4) is 0 Å². The number of nitrogens with zero attached hydrogens (tertiary/aromatic N) is 4. The summed E-state index contributed by atoms with van der Waals surface area (Å²) in [4.78, 5) is 31.0. The van der Waals surface area contributed by atoms with Crippen molar-refractivity contribution >= 4 is 34.6 Å². The summed E-state index contributed by atoms with van der Waals surface area (Å²) in [6.07, 6.45) is 3.36. The molecular weight excluding hydrogens is 310 g/mol. The van der Waals surface area contributed by atoms with Gasteiger partial charge < -0.3 is 10.3 Å². The first-order valence-corrected chi connectivity index (χ1v) is 7.63. The number of imidazole rings is 1. The number of aromatic amines is 1. The molecule has 0 bridgehead atoms. The molecule has 122 valence electrons. The minimum atomic E-state index is -0.293. The summed E-state index contributed by atoms with van der Waals surface area (Å²) in [6.45, 7) is -0.0245. The third-order valence-corrected chi connectivity index (χ3v) is 3.69. The van der Waals surface area contributed by atoms with Gasteiger partial charge in [0.1, 0.15) is 6.54 Å². The van der Waals surface area contributed by atoms with Gasteiger partial charge in [-0.3, -0.25) is 14.9 Å². The molecule has 3 N–H and O–H groups in total. The molecule has 1 fully saturated rings. The first kappa shape index (κ1) is 14.4.